The molecule has 0 rings (SSSR count). The zero-order valence-electron chi connectivity index (χ0n) is 41.7. The third-order valence-electron chi connectivity index (χ3n) is 11.4. The van der Waals surface area contributed by atoms with Gasteiger partial charge in [-0.1, -0.05) is 211 Å². The monoisotopic (exact) mass is 890 g/mol. The number of hydrogen-bond donors (Lipinski definition) is 0. The predicted molar refractivity (Wildman–Crippen MR) is 260 cm³/mol. The molecule has 0 aromatic rings. The molecule has 0 spiro atoms. The number of ether oxygens (including phenoxy) is 4. The van der Waals surface area contributed by atoms with Crippen LogP contribution in [0.15, 0.2) is 36.5 Å². The second-order valence-corrected chi connectivity index (χ2v) is 18.8. The first-order valence-electron chi connectivity index (χ1n) is 26.1. The molecule has 0 fully saturated rings. The molecule has 0 aliphatic heterocycles. The molecule has 0 aliphatic carbocycles. The summed E-state index contributed by atoms with van der Waals surface area (Å²) in [6.45, 7) is 4.65. The van der Waals surface area contributed by atoms with Crippen LogP contribution in [0, 0.1) is 0 Å². The highest BCUT2D eigenvalue weighted by molar-refractivity contribution is 5.70. The van der Waals surface area contributed by atoms with E-state index in [0.717, 1.165) is 64.2 Å². The molecule has 0 heterocycles. The van der Waals surface area contributed by atoms with Crippen LogP contribution in [0.3, 0.4) is 0 Å². The Morgan fingerprint density at radius 2 is 0.905 bits per heavy atom. The van der Waals surface area contributed by atoms with Gasteiger partial charge in [0.1, 0.15) is 13.2 Å². The third-order valence-corrected chi connectivity index (χ3v) is 11.4. The number of aliphatic carboxylic acids is 1. The minimum atomic E-state index is -1.62. The fourth-order valence-electron chi connectivity index (χ4n) is 7.37. The molecule has 0 N–H and O–H groups in total. The second kappa shape index (κ2) is 46.1. The summed E-state index contributed by atoms with van der Waals surface area (Å²) in [4.78, 5) is 37.2. The highest BCUT2D eigenvalue weighted by Gasteiger charge is 2.22. The van der Waals surface area contributed by atoms with E-state index < -0.39 is 24.3 Å². The van der Waals surface area contributed by atoms with Crippen LogP contribution in [0.2, 0.25) is 0 Å². The number of likely N-dealkylation sites (N-methyl/N-ethyl adjacent to an activating group) is 1. The van der Waals surface area contributed by atoms with Crippen LogP contribution < -0.4 is 5.11 Å². The van der Waals surface area contributed by atoms with Gasteiger partial charge in [0.2, 0.25) is 0 Å². The molecule has 2 atom stereocenters. The van der Waals surface area contributed by atoms with Crippen LogP contribution in [0.4, 0.5) is 0 Å². The van der Waals surface area contributed by atoms with E-state index in [1.54, 1.807) is 0 Å². The van der Waals surface area contributed by atoms with Crippen molar-refractivity contribution in [3.8, 4) is 0 Å². The quantitative estimate of drug-likeness (QED) is 0.0195. The van der Waals surface area contributed by atoms with Gasteiger partial charge in [-0.05, 0) is 44.9 Å². The molecule has 9 heteroatoms. The number of quaternary nitrogens is 1. The molecular weight excluding hydrogens is 791 g/mol. The Balaban J connectivity index is 4.29. The van der Waals surface area contributed by atoms with Crippen LogP contribution in [0.5, 0.6) is 0 Å². The first-order valence-corrected chi connectivity index (χ1v) is 26.1. The van der Waals surface area contributed by atoms with Crippen LogP contribution in [0.1, 0.15) is 232 Å². The summed E-state index contributed by atoms with van der Waals surface area (Å²) in [5.74, 6) is -2.29. The summed E-state index contributed by atoms with van der Waals surface area (Å²) in [7, 11) is 5.91. The van der Waals surface area contributed by atoms with Crippen molar-refractivity contribution in [2.24, 2.45) is 0 Å². The van der Waals surface area contributed by atoms with Crippen molar-refractivity contribution < 1.29 is 42.9 Å². The Hall–Kier alpha value is -2.49. The van der Waals surface area contributed by atoms with E-state index in [9.17, 15) is 19.5 Å². The van der Waals surface area contributed by atoms with Crippen molar-refractivity contribution in [2.45, 2.75) is 245 Å². The Bertz CT molecular complexity index is 1130. The zero-order valence-corrected chi connectivity index (χ0v) is 41.7. The summed E-state index contributed by atoms with van der Waals surface area (Å²) in [6.07, 6.45) is 50.4. The lowest BCUT2D eigenvalue weighted by atomic mass is 10.0. The molecule has 0 aromatic carbocycles. The summed E-state index contributed by atoms with van der Waals surface area (Å²) < 4.78 is 22.6. The molecule has 0 saturated carbocycles. The Morgan fingerprint density at radius 1 is 0.492 bits per heavy atom. The standard InChI is InChI=1S/C54H99NO8/c1-6-8-10-12-14-16-18-20-22-24-25-26-27-29-30-32-34-36-38-40-42-44-51(56)61-48-50(49-62-54(53(58)59)60-47-46-55(3,4)5)63-52(57)45-43-41-39-37-35-33-31-28-23-21-19-17-15-13-11-9-7-2/h9,11,15,17,21,23,50,54H,6-8,10,12-14,16,18-20,22,24-49H2,1-5H3/b11-9-,17-15-,23-21-. The summed E-state index contributed by atoms with van der Waals surface area (Å²) in [6, 6.07) is 0. The zero-order chi connectivity index (χ0) is 46.3. The van der Waals surface area contributed by atoms with E-state index in [1.807, 2.05) is 21.1 Å². The number of esters is 2. The highest BCUT2D eigenvalue weighted by Crippen LogP contribution is 2.16. The predicted octanol–water partition coefficient (Wildman–Crippen LogP) is 13.2. The third kappa shape index (κ3) is 47.3. The molecule has 0 radical (unpaired) electrons. The summed E-state index contributed by atoms with van der Waals surface area (Å²) in [5.41, 5.74) is 0. The number of allylic oxidation sites excluding steroid dienone is 6. The number of unbranched alkanes of at least 4 members (excludes halogenated alkanes) is 27. The lowest BCUT2D eigenvalue weighted by Crippen LogP contribution is -2.44. The minimum absolute atomic E-state index is 0.146. The van der Waals surface area contributed by atoms with Crippen molar-refractivity contribution in [2.75, 3.05) is 47.5 Å². The van der Waals surface area contributed by atoms with Gasteiger partial charge in [0.25, 0.3) is 0 Å². The van der Waals surface area contributed by atoms with E-state index >= 15 is 0 Å². The molecular formula is C54H99NO8. The fourth-order valence-corrected chi connectivity index (χ4v) is 7.37. The number of nitrogens with zero attached hydrogens (tertiary/aromatic N) is 1. The lowest BCUT2D eigenvalue weighted by Gasteiger charge is -2.26. The maximum absolute atomic E-state index is 12.8. The average Bonchev–Trinajstić information content (AvgIpc) is 3.24. The maximum atomic E-state index is 12.8. The maximum Gasteiger partial charge on any atom is 0.306 e. The van der Waals surface area contributed by atoms with Gasteiger partial charge in [0, 0.05) is 12.8 Å². The molecule has 63 heavy (non-hydrogen) atoms. The van der Waals surface area contributed by atoms with Gasteiger partial charge in [-0.3, -0.25) is 9.59 Å². The first kappa shape index (κ1) is 60.5. The van der Waals surface area contributed by atoms with Crippen LogP contribution >= 0.6 is 0 Å². The van der Waals surface area contributed by atoms with E-state index in [1.165, 1.54) is 135 Å². The van der Waals surface area contributed by atoms with Gasteiger partial charge in [-0.15, -0.1) is 0 Å². The first-order chi connectivity index (χ1) is 30.6. The Labute approximate surface area is 388 Å². The number of carbonyl (C=O) groups excluding carboxylic acids is 3. The van der Waals surface area contributed by atoms with E-state index in [-0.39, 0.29) is 32.2 Å². The van der Waals surface area contributed by atoms with Gasteiger partial charge < -0.3 is 33.3 Å². The molecule has 0 aliphatic rings. The van der Waals surface area contributed by atoms with Gasteiger partial charge in [0.05, 0.1) is 40.3 Å². The number of rotatable bonds is 48. The van der Waals surface area contributed by atoms with Crippen molar-refractivity contribution in [3.05, 3.63) is 36.5 Å². The normalized spacial score (nSPS) is 13.1. The number of carbonyl (C=O) groups is 3. The fraction of sp³-hybridized carbons (Fsp3) is 0.833. The molecule has 0 amide bonds. The van der Waals surface area contributed by atoms with Crippen molar-refractivity contribution in [1.82, 2.24) is 0 Å². The van der Waals surface area contributed by atoms with Crippen LogP contribution in [0.25, 0.3) is 0 Å². The number of carboxylic acid groups (broad SMARTS) is 1. The second-order valence-electron chi connectivity index (χ2n) is 18.8. The van der Waals surface area contributed by atoms with E-state index in [0.29, 0.717) is 23.9 Å². The topological polar surface area (TPSA) is 111 Å². The molecule has 0 saturated heterocycles. The molecule has 2 unspecified atom stereocenters. The van der Waals surface area contributed by atoms with Crippen LogP contribution in [-0.4, -0.2) is 82.3 Å². The lowest BCUT2D eigenvalue weighted by molar-refractivity contribution is -0.870. The van der Waals surface area contributed by atoms with Gasteiger partial charge in [-0.2, -0.15) is 0 Å². The highest BCUT2D eigenvalue weighted by atomic mass is 16.7. The number of hydrogen-bond acceptors (Lipinski definition) is 8. The van der Waals surface area contributed by atoms with E-state index in [4.69, 9.17) is 18.9 Å². The molecule has 9 nitrogen and oxygen atoms in total. The number of carboxylic acids is 1. The van der Waals surface area contributed by atoms with Crippen molar-refractivity contribution in [3.63, 3.8) is 0 Å². The SMILES string of the molecule is CC/C=C\C/C=C\C/C=C\CCCCCCCCCC(=O)OC(COC(=O)CCCCCCCCCCCCCCCCCCCCCCC)COC(OCC[N+](C)(C)C)C(=O)[O-]. The molecule has 0 aromatic heterocycles. The molecule has 0 bridgehead atoms. The Morgan fingerprint density at radius 3 is 1.35 bits per heavy atom. The largest absolute Gasteiger partial charge is 0.545 e. The van der Waals surface area contributed by atoms with Crippen molar-refractivity contribution in [1.29, 1.82) is 0 Å². The van der Waals surface area contributed by atoms with Crippen LogP contribution in [-0.2, 0) is 33.3 Å². The minimum Gasteiger partial charge on any atom is -0.545 e. The van der Waals surface area contributed by atoms with Crippen molar-refractivity contribution >= 4 is 17.9 Å². The summed E-state index contributed by atoms with van der Waals surface area (Å²) >= 11 is 0. The molecule has 368 valence electrons. The van der Waals surface area contributed by atoms with Gasteiger partial charge >= 0.3 is 11.9 Å². The van der Waals surface area contributed by atoms with Gasteiger partial charge in [-0.25, -0.2) is 0 Å². The van der Waals surface area contributed by atoms with Gasteiger partial charge in [0.15, 0.2) is 12.4 Å². The average molecular weight is 890 g/mol. The smallest absolute Gasteiger partial charge is 0.306 e. The Kier molecular flexibility index (Phi) is 44.2. The summed E-state index contributed by atoms with van der Waals surface area (Å²) in [5, 5.41) is 11.7. The van der Waals surface area contributed by atoms with E-state index in [2.05, 4.69) is 50.3 Å².